The van der Waals surface area contributed by atoms with E-state index in [0.717, 1.165) is 0 Å². The second-order valence-corrected chi connectivity index (χ2v) is 5.37. The molecule has 1 aromatic heterocycles. The Labute approximate surface area is 112 Å². The van der Waals surface area contributed by atoms with E-state index in [1.165, 1.54) is 0 Å². The van der Waals surface area contributed by atoms with E-state index in [1.54, 1.807) is 11.0 Å². The maximum Gasteiger partial charge on any atom is 0.308 e. The quantitative estimate of drug-likeness (QED) is 0.908. The fourth-order valence-corrected chi connectivity index (χ4v) is 2.73. The first-order chi connectivity index (χ1) is 8.93. The minimum absolute atomic E-state index is 0.0741. The van der Waals surface area contributed by atoms with E-state index >= 15 is 0 Å². The molecule has 1 aliphatic heterocycles. The summed E-state index contributed by atoms with van der Waals surface area (Å²) in [5.41, 5.74) is 0.632. The molecule has 1 fully saturated rings. The van der Waals surface area contributed by atoms with E-state index in [0.29, 0.717) is 18.7 Å². The molecule has 2 rings (SSSR count). The summed E-state index contributed by atoms with van der Waals surface area (Å²) in [6.07, 6.45) is 2.41. The lowest BCUT2D eigenvalue weighted by Gasteiger charge is -2.24. The molecule has 19 heavy (non-hydrogen) atoms. The first-order valence-corrected chi connectivity index (χ1v) is 6.64. The van der Waals surface area contributed by atoms with Crippen LogP contribution in [-0.4, -0.2) is 39.0 Å². The number of rotatable bonds is 3. The number of likely N-dealkylation sites (tertiary alicyclic amines) is 1. The fraction of sp³-hybridized carbons (Fsp3) is 0.571. The second-order valence-electron chi connectivity index (χ2n) is 5.37. The van der Waals surface area contributed by atoms with Crippen LogP contribution >= 0.6 is 0 Å². The van der Waals surface area contributed by atoms with Crippen LogP contribution in [0.15, 0.2) is 18.3 Å². The lowest BCUT2D eigenvalue weighted by Crippen LogP contribution is -2.38. The summed E-state index contributed by atoms with van der Waals surface area (Å²) in [5.74, 6) is -1.34. The van der Waals surface area contributed by atoms with Gasteiger partial charge < -0.3 is 14.6 Å². The van der Waals surface area contributed by atoms with Crippen LogP contribution in [-0.2, 0) is 4.79 Å². The summed E-state index contributed by atoms with van der Waals surface area (Å²) in [6, 6.07) is 3.61. The number of aliphatic carboxylic acids is 1. The Hall–Kier alpha value is -1.78. The number of amides is 1. The number of hydrogen-bond acceptors (Lipinski definition) is 2. The highest BCUT2D eigenvalue weighted by molar-refractivity contribution is 5.93. The van der Waals surface area contributed by atoms with Crippen molar-refractivity contribution >= 4 is 11.9 Å². The van der Waals surface area contributed by atoms with Gasteiger partial charge >= 0.3 is 5.97 Å². The van der Waals surface area contributed by atoms with Crippen molar-refractivity contribution in [2.24, 2.45) is 5.92 Å². The highest BCUT2D eigenvalue weighted by Gasteiger charge is 2.39. The number of hydrogen-bond donors (Lipinski definition) is 1. The Morgan fingerprint density at radius 2 is 2.11 bits per heavy atom. The summed E-state index contributed by atoms with van der Waals surface area (Å²) < 4.78 is 1.92. The third-order valence-corrected chi connectivity index (χ3v) is 3.89. The molecule has 2 unspecified atom stereocenters. The van der Waals surface area contributed by atoms with Crippen molar-refractivity contribution in [3.63, 3.8) is 0 Å². The van der Waals surface area contributed by atoms with Gasteiger partial charge in [0.05, 0.1) is 5.92 Å². The number of carboxylic acids is 1. The molecular weight excluding hydrogens is 244 g/mol. The minimum atomic E-state index is -0.818. The van der Waals surface area contributed by atoms with Crippen molar-refractivity contribution < 1.29 is 14.7 Å². The molecule has 1 amide bonds. The minimum Gasteiger partial charge on any atom is -0.481 e. The Kier molecular flexibility index (Phi) is 3.64. The van der Waals surface area contributed by atoms with Gasteiger partial charge in [-0.05, 0) is 39.3 Å². The van der Waals surface area contributed by atoms with E-state index in [2.05, 4.69) is 0 Å². The average molecular weight is 264 g/mol. The summed E-state index contributed by atoms with van der Waals surface area (Å²) in [7, 11) is 0. The lowest BCUT2D eigenvalue weighted by molar-refractivity contribution is -0.142. The summed E-state index contributed by atoms with van der Waals surface area (Å²) >= 11 is 0. The molecule has 2 heterocycles. The van der Waals surface area contributed by atoms with Gasteiger partial charge in [-0.3, -0.25) is 9.59 Å². The maximum atomic E-state index is 12.5. The maximum absolute atomic E-state index is 12.5. The molecule has 5 nitrogen and oxygen atoms in total. The van der Waals surface area contributed by atoms with Gasteiger partial charge in [0.15, 0.2) is 0 Å². The van der Waals surface area contributed by atoms with Crippen LogP contribution in [0.4, 0.5) is 0 Å². The molecule has 0 saturated carbocycles. The van der Waals surface area contributed by atoms with Crippen LogP contribution in [0.25, 0.3) is 0 Å². The molecule has 0 radical (unpaired) electrons. The fourth-order valence-electron chi connectivity index (χ4n) is 2.73. The summed E-state index contributed by atoms with van der Waals surface area (Å²) in [5, 5.41) is 9.11. The van der Waals surface area contributed by atoms with E-state index < -0.39 is 11.9 Å². The van der Waals surface area contributed by atoms with Gasteiger partial charge in [0.2, 0.25) is 0 Å². The topological polar surface area (TPSA) is 62.5 Å². The van der Waals surface area contributed by atoms with Crippen LogP contribution in [0.1, 0.15) is 43.7 Å². The molecule has 0 aliphatic carbocycles. The molecule has 1 N–H and O–H groups in total. The smallest absolute Gasteiger partial charge is 0.308 e. The van der Waals surface area contributed by atoms with E-state index in [9.17, 15) is 9.59 Å². The Morgan fingerprint density at radius 1 is 1.42 bits per heavy atom. The highest BCUT2D eigenvalue weighted by Crippen LogP contribution is 2.26. The van der Waals surface area contributed by atoms with Crippen molar-refractivity contribution in [2.75, 3.05) is 6.54 Å². The van der Waals surface area contributed by atoms with Crippen molar-refractivity contribution in [1.82, 2.24) is 9.47 Å². The van der Waals surface area contributed by atoms with Crippen LogP contribution in [0.3, 0.4) is 0 Å². The molecule has 1 saturated heterocycles. The van der Waals surface area contributed by atoms with Gasteiger partial charge in [-0.1, -0.05) is 0 Å². The van der Waals surface area contributed by atoms with Gasteiger partial charge in [0.1, 0.15) is 5.69 Å². The second kappa shape index (κ2) is 5.07. The van der Waals surface area contributed by atoms with Crippen molar-refractivity contribution in [1.29, 1.82) is 0 Å². The SMILES string of the molecule is CC1C(C(=O)O)CCN1C(=O)c1cccn1C(C)C. The monoisotopic (exact) mass is 264 g/mol. The van der Waals surface area contributed by atoms with Crippen molar-refractivity contribution in [3.8, 4) is 0 Å². The van der Waals surface area contributed by atoms with Crippen LogP contribution in [0.2, 0.25) is 0 Å². The van der Waals surface area contributed by atoms with Gasteiger partial charge in [0, 0.05) is 24.8 Å². The number of carboxylic acid groups (broad SMARTS) is 1. The number of aromatic nitrogens is 1. The molecule has 104 valence electrons. The zero-order chi connectivity index (χ0) is 14.2. The van der Waals surface area contributed by atoms with Crippen molar-refractivity contribution in [3.05, 3.63) is 24.0 Å². The number of carbonyl (C=O) groups excluding carboxylic acids is 1. The molecule has 2 atom stereocenters. The predicted molar refractivity (Wildman–Crippen MR) is 71.1 cm³/mol. The molecule has 1 aliphatic rings. The summed E-state index contributed by atoms with van der Waals surface area (Å²) in [4.78, 5) is 25.3. The highest BCUT2D eigenvalue weighted by atomic mass is 16.4. The third kappa shape index (κ3) is 2.37. The third-order valence-electron chi connectivity index (χ3n) is 3.89. The predicted octanol–water partition coefficient (Wildman–Crippen LogP) is 2.00. The molecule has 0 aromatic carbocycles. The number of nitrogens with zero attached hydrogens (tertiary/aromatic N) is 2. The molecule has 1 aromatic rings. The first-order valence-electron chi connectivity index (χ1n) is 6.64. The Morgan fingerprint density at radius 3 is 2.63 bits per heavy atom. The van der Waals surface area contributed by atoms with Gasteiger partial charge in [-0.25, -0.2) is 0 Å². The van der Waals surface area contributed by atoms with E-state index in [1.807, 2.05) is 37.6 Å². The lowest BCUT2D eigenvalue weighted by atomic mass is 10.0. The normalized spacial score (nSPS) is 23.1. The van der Waals surface area contributed by atoms with Crippen LogP contribution < -0.4 is 0 Å². The Bertz CT molecular complexity index is 493. The van der Waals surface area contributed by atoms with Gasteiger partial charge in [-0.15, -0.1) is 0 Å². The summed E-state index contributed by atoms with van der Waals surface area (Å²) in [6.45, 7) is 6.36. The van der Waals surface area contributed by atoms with E-state index in [4.69, 9.17) is 5.11 Å². The van der Waals surface area contributed by atoms with Crippen LogP contribution in [0.5, 0.6) is 0 Å². The average Bonchev–Trinajstić information content (AvgIpc) is 2.93. The van der Waals surface area contributed by atoms with Gasteiger partial charge in [0.25, 0.3) is 5.91 Å². The first kappa shape index (κ1) is 13.6. The van der Waals surface area contributed by atoms with Crippen LogP contribution in [0, 0.1) is 5.92 Å². The van der Waals surface area contributed by atoms with E-state index in [-0.39, 0.29) is 18.0 Å². The molecule has 0 spiro atoms. The Balaban J connectivity index is 2.21. The molecule has 0 bridgehead atoms. The standard InChI is InChI=1S/C14H20N2O3/c1-9(2)15-7-4-5-12(15)13(17)16-8-6-11(10(16)3)14(18)19/h4-5,7,9-11H,6,8H2,1-3H3,(H,18,19). The largest absolute Gasteiger partial charge is 0.481 e. The molecule has 5 heteroatoms. The molecular formula is C14H20N2O3. The zero-order valence-electron chi connectivity index (χ0n) is 11.5. The van der Waals surface area contributed by atoms with Crippen molar-refractivity contribution in [2.45, 2.75) is 39.3 Å². The van der Waals surface area contributed by atoms with Gasteiger partial charge in [-0.2, -0.15) is 0 Å². The zero-order valence-corrected chi connectivity index (χ0v) is 11.5. The number of carbonyl (C=O) groups is 2.